The van der Waals surface area contributed by atoms with Crippen LogP contribution in [-0.4, -0.2) is 50.7 Å². The molecule has 4 nitrogen and oxygen atoms in total. The highest BCUT2D eigenvalue weighted by atomic mass is 16.5. The van der Waals surface area contributed by atoms with Crippen molar-refractivity contribution in [3.8, 4) is 0 Å². The highest BCUT2D eigenvalue weighted by Crippen LogP contribution is 2.08. The summed E-state index contributed by atoms with van der Waals surface area (Å²) >= 11 is 0. The molecule has 0 saturated carbocycles. The zero-order chi connectivity index (χ0) is 11.6. The normalized spacial score (nSPS) is 15.2. The Hall–Kier alpha value is -0.160. The van der Waals surface area contributed by atoms with E-state index in [1.165, 1.54) is 0 Å². The first kappa shape index (κ1) is 14.8. The van der Waals surface area contributed by atoms with Gasteiger partial charge < -0.3 is 19.9 Å². The summed E-state index contributed by atoms with van der Waals surface area (Å²) in [4.78, 5) is 0. The molecule has 0 spiro atoms. The van der Waals surface area contributed by atoms with E-state index in [0.717, 1.165) is 32.6 Å². The third kappa shape index (κ3) is 7.73. The van der Waals surface area contributed by atoms with Crippen LogP contribution >= 0.6 is 0 Å². The largest absolute Gasteiger partial charge is 0.394 e. The quantitative estimate of drug-likeness (QED) is 0.533. The predicted molar refractivity (Wildman–Crippen MR) is 61.1 cm³/mol. The summed E-state index contributed by atoms with van der Waals surface area (Å²) in [6.07, 6.45) is 1.75. The highest BCUT2D eigenvalue weighted by Gasteiger charge is 2.20. The van der Waals surface area contributed by atoms with Crippen LogP contribution in [0.5, 0.6) is 0 Å². The van der Waals surface area contributed by atoms with Gasteiger partial charge in [0.2, 0.25) is 0 Å². The van der Waals surface area contributed by atoms with Crippen LogP contribution in [0.15, 0.2) is 0 Å². The van der Waals surface area contributed by atoms with Crippen molar-refractivity contribution in [2.45, 2.75) is 32.2 Å². The molecule has 0 aromatic heterocycles. The van der Waals surface area contributed by atoms with Gasteiger partial charge >= 0.3 is 0 Å². The lowest BCUT2D eigenvalue weighted by Gasteiger charge is -2.28. The molecule has 92 valence electrons. The van der Waals surface area contributed by atoms with E-state index in [4.69, 9.17) is 9.47 Å². The molecule has 0 aromatic carbocycles. The van der Waals surface area contributed by atoms with E-state index in [1.807, 2.05) is 13.8 Å². The number of ether oxygens (including phenoxy) is 2. The van der Waals surface area contributed by atoms with Crippen LogP contribution in [0.2, 0.25) is 0 Å². The number of methoxy groups -OCH3 is 1. The molecule has 0 aromatic rings. The third-order valence-electron chi connectivity index (χ3n) is 2.39. The molecule has 0 saturated heterocycles. The van der Waals surface area contributed by atoms with E-state index in [0.29, 0.717) is 6.61 Å². The molecule has 0 rings (SSSR count). The van der Waals surface area contributed by atoms with Gasteiger partial charge in [0.25, 0.3) is 0 Å². The second-order valence-electron chi connectivity index (χ2n) is 3.96. The SMILES string of the molecule is CCNC(C)(CO)CCOCCCOC. The van der Waals surface area contributed by atoms with Crippen molar-refractivity contribution in [2.24, 2.45) is 0 Å². The van der Waals surface area contributed by atoms with Gasteiger partial charge in [-0.05, 0) is 26.3 Å². The number of aliphatic hydroxyl groups is 1. The van der Waals surface area contributed by atoms with Gasteiger partial charge in [-0.25, -0.2) is 0 Å². The van der Waals surface area contributed by atoms with Crippen molar-refractivity contribution in [3.05, 3.63) is 0 Å². The topological polar surface area (TPSA) is 50.7 Å². The Balaban J connectivity index is 3.46. The third-order valence-corrected chi connectivity index (χ3v) is 2.39. The van der Waals surface area contributed by atoms with Gasteiger partial charge in [-0.3, -0.25) is 0 Å². The van der Waals surface area contributed by atoms with Crippen LogP contribution in [0.1, 0.15) is 26.7 Å². The predicted octanol–water partition coefficient (Wildman–Crippen LogP) is 0.790. The van der Waals surface area contributed by atoms with Crippen LogP contribution in [-0.2, 0) is 9.47 Å². The average Bonchev–Trinajstić information content (AvgIpc) is 2.24. The van der Waals surface area contributed by atoms with E-state index in [-0.39, 0.29) is 12.1 Å². The number of aliphatic hydroxyl groups excluding tert-OH is 1. The van der Waals surface area contributed by atoms with Crippen LogP contribution < -0.4 is 5.32 Å². The molecule has 0 aliphatic carbocycles. The first-order valence-electron chi connectivity index (χ1n) is 5.61. The molecule has 0 amide bonds. The number of nitrogens with one attached hydrogen (secondary N) is 1. The molecule has 0 fully saturated rings. The van der Waals surface area contributed by atoms with E-state index >= 15 is 0 Å². The monoisotopic (exact) mass is 219 g/mol. The lowest BCUT2D eigenvalue weighted by atomic mass is 10.00. The Labute approximate surface area is 93.0 Å². The average molecular weight is 219 g/mol. The second-order valence-corrected chi connectivity index (χ2v) is 3.96. The molecule has 0 bridgehead atoms. The summed E-state index contributed by atoms with van der Waals surface area (Å²) in [5.74, 6) is 0. The lowest BCUT2D eigenvalue weighted by Crippen LogP contribution is -2.46. The lowest BCUT2D eigenvalue weighted by molar-refractivity contribution is 0.0734. The smallest absolute Gasteiger partial charge is 0.0611 e. The van der Waals surface area contributed by atoms with E-state index in [1.54, 1.807) is 7.11 Å². The Morgan fingerprint density at radius 1 is 1.27 bits per heavy atom. The van der Waals surface area contributed by atoms with Gasteiger partial charge in [-0.15, -0.1) is 0 Å². The molecule has 2 N–H and O–H groups in total. The van der Waals surface area contributed by atoms with Crippen molar-refractivity contribution in [3.63, 3.8) is 0 Å². The van der Waals surface area contributed by atoms with E-state index in [2.05, 4.69) is 5.32 Å². The van der Waals surface area contributed by atoms with Gasteiger partial charge in [0, 0.05) is 32.5 Å². The van der Waals surface area contributed by atoms with Crippen molar-refractivity contribution in [1.29, 1.82) is 0 Å². The Morgan fingerprint density at radius 3 is 2.53 bits per heavy atom. The zero-order valence-electron chi connectivity index (χ0n) is 10.2. The van der Waals surface area contributed by atoms with Crippen molar-refractivity contribution in [1.82, 2.24) is 5.32 Å². The molecule has 1 atom stereocenters. The first-order valence-corrected chi connectivity index (χ1v) is 5.61. The Kier molecular flexibility index (Phi) is 9.00. The molecule has 0 aliphatic rings. The fourth-order valence-electron chi connectivity index (χ4n) is 1.35. The minimum absolute atomic E-state index is 0.141. The maximum Gasteiger partial charge on any atom is 0.0611 e. The van der Waals surface area contributed by atoms with E-state index < -0.39 is 0 Å². The van der Waals surface area contributed by atoms with Crippen LogP contribution in [0.3, 0.4) is 0 Å². The summed E-state index contributed by atoms with van der Waals surface area (Å²) in [6, 6.07) is 0. The van der Waals surface area contributed by atoms with Crippen molar-refractivity contribution >= 4 is 0 Å². The summed E-state index contributed by atoms with van der Waals surface area (Å²) in [6.45, 7) is 7.19. The minimum Gasteiger partial charge on any atom is -0.394 e. The molecular formula is C11H25NO3. The maximum atomic E-state index is 9.22. The summed E-state index contributed by atoms with van der Waals surface area (Å²) in [5, 5.41) is 12.5. The van der Waals surface area contributed by atoms with Gasteiger partial charge in [0.1, 0.15) is 0 Å². The molecule has 0 heterocycles. The van der Waals surface area contributed by atoms with Crippen LogP contribution in [0, 0.1) is 0 Å². The Morgan fingerprint density at radius 2 is 2.00 bits per heavy atom. The number of hydrogen-bond donors (Lipinski definition) is 2. The van der Waals surface area contributed by atoms with Gasteiger partial charge in [0.05, 0.1) is 6.61 Å². The fourth-order valence-corrected chi connectivity index (χ4v) is 1.35. The molecule has 0 aliphatic heterocycles. The molecular weight excluding hydrogens is 194 g/mol. The standard InChI is InChI=1S/C11H25NO3/c1-4-12-11(2,10-13)6-9-15-8-5-7-14-3/h12-13H,4-10H2,1-3H3. The summed E-state index contributed by atoms with van der Waals surface area (Å²) in [7, 11) is 1.69. The van der Waals surface area contributed by atoms with Gasteiger partial charge in [-0.2, -0.15) is 0 Å². The molecule has 0 radical (unpaired) electrons. The fraction of sp³-hybridized carbons (Fsp3) is 1.00. The van der Waals surface area contributed by atoms with Gasteiger partial charge in [0.15, 0.2) is 0 Å². The van der Waals surface area contributed by atoms with Crippen molar-refractivity contribution < 1.29 is 14.6 Å². The van der Waals surface area contributed by atoms with E-state index in [9.17, 15) is 5.11 Å². The second kappa shape index (κ2) is 9.09. The molecule has 1 unspecified atom stereocenters. The number of likely N-dealkylation sites (N-methyl/N-ethyl adjacent to an activating group) is 1. The summed E-state index contributed by atoms with van der Waals surface area (Å²) in [5.41, 5.74) is -0.212. The Bertz CT molecular complexity index is 144. The summed E-state index contributed by atoms with van der Waals surface area (Å²) < 4.78 is 10.4. The minimum atomic E-state index is -0.212. The zero-order valence-corrected chi connectivity index (χ0v) is 10.2. The number of rotatable bonds is 10. The van der Waals surface area contributed by atoms with Gasteiger partial charge in [-0.1, -0.05) is 6.92 Å². The van der Waals surface area contributed by atoms with Crippen molar-refractivity contribution in [2.75, 3.05) is 40.1 Å². The first-order chi connectivity index (χ1) is 7.18. The van der Waals surface area contributed by atoms with Crippen LogP contribution in [0.25, 0.3) is 0 Å². The maximum absolute atomic E-state index is 9.22. The molecule has 15 heavy (non-hydrogen) atoms. The van der Waals surface area contributed by atoms with Crippen LogP contribution in [0.4, 0.5) is 0 Å². The highest BCUT2D eigenvalue weighted by molar-refractivity contribution is 4.81. The molecule has 4 heteroatoms. The number of hydrogen-bond acceptors (Lipinski definition) is 4.